The van der Waals surface area contributed by atoms with Gasteiger partial charge in [0.05, 0.1) is 18.8 Å². The summed E-state index contributed by atoms with van der Waals surface area (Å²) in [7, 11) is 1.99. The van der Waals surface area contributed by atoms with Crippen molar-refractivity contribution in [2.45, 2.75) is 24.0 Å². The molecule has 3 nitrogen and oxygen atoms in total. The zero-order valence-corrected chi connectivity index (χ0v) is 12.9. The van der Waals surface area contributed by atoms with Gasteiger partial charge < -0.3 is 10.1 Å². The van der Waals surface area contributed by atoms with Crippen molar-refractivity contribution in [3.63, 3.8) is 0 Å². The molecule has 0 amide bonds. The third-order valence-corrected chi connectivity index (χ3v) is 4.47. The van der Waals surface area contributed by atoms with Crippen LogP contribution >= 0.6 is 11.8 Å². The van der Waals surface area contributed by atoms with Crippen LogP contribution in [0.4, 0.5) is 0 Å². The molecule has 0 aromatic heterocycles. The molecule has 1 aliphatic heterocycles. The number of likely N-dealkylation sites (N-methyl/N-ethyl adjacent to an activating group) is 2. The number of morpholine rings is 1. The van der Waals surface area contributed by atoms with Gasteiger partial charge in [0.2, 0.25) is 0 Å². The van der Waals surface area contributed by atoms with Crippen molar-refractivity contribution in [1.29, 1.82) is 0 Å². The van der Waals surface area contributed by atoms with Gasteiger partial charge in [0.15, 0.2) is 0 Å². The molecular weight excluding hydrogens is 256 g/mol. The summed E-state index contributed by atoms with van der Waals surface area (Å²) in [6.45, 7) is 6.04. The molecule has 2 unspecified atom stereocenters. The van der Waals surface area contributed by atoms with Crippen LogP contribution in [0.1, 0.15) is 18.5 Å². The lowest BCUT2D eigenvalue weighted by Crippen LogP contribution is -2.48. The molecule has 19 heavy (non-hydrogen) atoms. The Morgan fingerprint density at radius 3 is 2.68 bits per heavy atom. The van der Waals surface area contributed by atoms with Gasteiger partial charge in [-0.05, 0) is 37.5 Å². The van der Waals surface area contributed by atoms with Crippen LogP contribution < -0.4 is 5.32 Å². The third-order valence-electron chi connectivity index (χ3n) is 3.72. The van der Waals surface area contributed by atoms with Gasteiger partial charge in [-0.3, -0.25) is 4.90 Å². The molecule has 1 aromatic carbocycles. The summed E-state index contributed by atoms with van der Waals surface area (Å²) in [5.74, 6) is 0. The fraction of sp³-hybridized carbons (Fsp3) is 0.600. The minimum atomic E-state index is 0.235. The molecule has 1 aliphatic rings. The highest BCUT2D eigenvalue weighted by Crippen LogP contribution is 2.30. The summed E-state index contributed by atoms with van der Waals surface area (Å²) >= 11 is 1.78. The number of nitrogens with one attached hydrogen (secondary N) is 1. The number of ether oxygens (including phenoxy) is 1. The fourth-order valence-electron chi connectivity index (χ4n) is 2.74. The summed E-state index contributed by atoms with van der Waals surface area (Å²) in [5, 5.41) is 3.25. The first-order chi connectivity index (χ1) is 9.30. The van der Waals surface area contributed by atoms with E-state index < -0.39 is 0 Å². The average Bonchev–Trinajstić information content (AvgIpc) is 2.47. The van der Waals surface area contributed by atoms with Crippen LogP contribution in [0.15, 0.2) is 29.2 Å². The lowest BCUT2D eigenvalue weighted by molar-refractivity contribution is -0.0686. The predicted molar refractivity (Wildman–Crippen MR) is 81.9 cm³/mol. The van der Waals surface area contributed by atoms with Crippen LogP contribution in [0.25, 0.3) is 0 Å². The minimum absolute atomic E-state index is 0.235. The largest absolute Gasteiger partial charge is 0.374 e. The van der Waals surface area contributed by atoms with Crippen LogP contribution in [-0.4, -0.2) is 50.5 Å². The Kier molecular flexibility index (Phi) is 5.70. The molecule has 0 bridgehead atoms. The van der Waals surface area contributed by atoms with E-state index in [2.05, 4.69) is 47.7 Å². The first-order valence-corrected chi connectivity index (χ1v) is 8.16. The van der Waals surface area contributed by atoms with E-state index in [-0.39, 0.29) is 6.10 Å². The Morgan fingerprint density at radius 1 is 1.37 bits per heavy atom. The zero-order valence-electron chi connectivity index (χ0n) is 12.1. The normalized spacial score (nSPS) is 24.6. The van der Waals surface area contributed by atoms with E-state index in [0.29, 0.717) is 6.04 Å². The lowest BCUT2D eigenvalue weighted by Gasteiger charge is -2.41. The van der Waals surface area contributed by atoms with Gasteiger partial charge in [0.1, 0.15) is 0 Å². The standard InChI is InChI=1S/C15H24N2OS/c1-4-17-9-10-18-14(11-16-2)15(17)12-5-7-13(19-3)8-6-12/h5-8,14-16H,4,9-11H2,1-3H3. The highest BCUT2D eigenvalue weighted by atomic mass is 32.2. The summed E-state index contributed by atoms with van der Waals surface area (Å²) in [5.41, 5.74) is 1.36. The van der Waals surface area contributed by atoms with Crippen LogP contribution in [0.3, 0.4) is 0 Å². The summed E-state index contributed by atoms with van der Waals surface area (Å²) in [4.78, 5) is 3.83. The van der Waals surface area contributed by atoms with E-state index >= 15 is 0 Å². The lowest BCUT2D eigenvalue weighted by atomic mass is 9.98. The molecule has 1 fully saturated rings. The van der Waals surface area contributed by atoms with Crippen LogP contribution in [-0.2, 0) is 4.74 Å². The summed E-state index contributed by atoms with van der Waals surface area (Å²) in [6.07, 6.45) is 2.35. The van der Waals surface area contributed by atoms with Gasteiger partial charge in [0, 0.05) is 18.0 Å². The zero-order chi connectivity index (χ0) is 13.7. The van der Waals surface area contributed by atoms with Crippen molar-refractivity contribution in [3.05, 3.63) is 29.8 Å². The van der Waals surface area contributed by atoms with Crippen molar-refractivity contribution in [2.24, 2.45) is 0 Å². The second kappa shape index (κ2) is 7.29. The molecule has 2 rings (SSSR count). The van der Waals surface area contributed by atoms with Gasteiger partial charge in [0.25, 0.3) is 0 Å². The molecule has 1 N–H and O–H groups in total. The molecule has 4 heteroatoms. The Morgan fingerprint density at radius 2 is 2.11 bits per heavy atom. The first kappa shape index (κ1) is 14.9. The molecule has 106 valence electrons. The molecule has 0 spiro atoms. The molecule has 0 aliphatic carbocycles. The smallest absolute Gasteiger partial charge is 0.0896 e. The number of benzene rings is 1. The van der Waals surface area contributed by atoms with Gasteiger partial charge >= 0.3 is 0 Å². The highest BCUT2D eigenvalue weighted by molar-refractivity contribution is 7.98. The van der Waals surface area contributed by atoms with E-state index in [0.717, 1.165) is 26.2 Å². The van der Waals surface area contributed by atoms with Gasteiger partial charge in [-0.15, -0.1) is 11.8 Å². The van der Waals surface area contributed by atoms with Gasteiger partial charge in [-0.25, -0.2) is 0 Å². The molecule has 0 radical (unpaired) electrons. The van der Waals surface area contributed by atoms with Gasteiger partial charge in [-0.1, -0.05) is 19.1 Å². The van der Waals surface area contributed by atoms with E-state index in [1.165, 1.54) is 10.5 Å². The van der Waals surface area contributed by atoms with E-state index in [1.807, 2.05) is 7.05 Å². The molecule has 1 aromatic rings. The fourth-order valence-corrected chi connectivity index (χ4v) is 3.15. The maximum atomic E-state index is 5.96. The number of hydrogen-bond acceptors (Lipinski definition) is 4. The molecule has 0 saturated carbocycles. The van der Waals surface area contributed by atoms with Crippen molar-refractivity contribution >= 4 is 11.8 Å². The highest BCUT2D eigenvalue weighted by Gasteiger charge is 2.32. The van der Waals surface area contributed by atoms with E-state index in [1.54, 1.807) is 11.8 Å². The molecular formula is C15H24N2OS. The Balaban J connectivity index is 2.22. The second-order valence-corrected chi connectivity index (χ2v) is 5.69. The van der Waals surface area contributed by atoms with Crippen molar-refractivity contribution in [2.75, 3.05) is 39.5 Å². The van der Waals surface area contributed by atoms with E-state index in [4.69, 9.17) is 4.74 Å². The SMILES string of the molecule is CCN1CCOC(CNC)C1c1ccc(SC)cc1. The van der Waals surface area contributed by atoms with Gasteiger partial charge in [-0.2, -0.15) is 0 Å². The summed E-state index contributed by atoms with van der Waals surface area (Å²) in [6, 6.07) is 9.27. The van der Waals surface area contributed by atoms with E-state index in [9.17, 15) is 0 Å². The summed E-state index contributed by atoms with van der Waals surface area (Å²) < 4.78 is 5.96. The number of hydrogen-bond donors (Lipinski definition) is 1. The molecule has 1 saturated heterocycles. The van der Waals surface area contributed by atoms with Crippen LogP contribution in [0, 0.1) is 0 Å². The maximum Gasteiger partial charge on any atom is 0.0896 e. The number of rotatable bonds is 5. The Bertz CT molecular complexity index is 380. The quantitative estimate of drug-likeness (QED) is 0.837. The minimum Gasteiger partial charge on any atom is -0.374 e. The Labute approximate surface area is 120 Å². The topological polar surface area (TPSA) is 24.5 Å². The van der Waals surface area contributed by atoms with Crippen molar-refractivity contribution in [1.82, 2.24) is 10.2 Å². The Hall–Kier alpha value is -0.550. The van der Waals surface area contributed by atoms with Crippen molar-refractivity contribution in [3.8, 4) is 0 Å². The number of thioether (sulfide) groups is 1. The second-order valence-electron chi connectivity index (χ2n) is 4.81. The third kappa shape index (κ3) is 3.51. The average molecular weight is 280 g/mol. The first-order valence-electron chi connectivity index (χ1n) is 6.94. The maximum absolute atomic E-state index is 5.96. The number of nitrogens with zero attached hydrogens (tertiary/aromatic N) is 1. The van der Waals surface area contributed by atoms with Crippen LogP contribution in [0.2, 0.25) is 0 Å². The monoisotopic (exact) mass is 280 g/mol. The van der Waals surface area contributed by atoms with Crippen molar-refractivity contribution < 1.29 is 4.74 Å². The van der Waals surface area contributed by atoms with Crippen LogP contribution in [0.5, 0.6) is 0 Å². The predicted octanol–water partition coefficient (Wildman–Crippen LogP) is 2.39. The molecule has 1 heterocycles. The molecule has 2 atom stereocenters.